The van der Waals surface area contributed by atoms with Crippen molar-refractivity contribution in [3.63, 3.8) is 0 Å². The van der Waals surface area contributed by atoms with Crippen molar-refractivity contribution in [3.8, 4) is 0 Å². The zero-order valence-corrected chi connectivity index (χ0v) is 19.2. The second-order valence-electron chi connectivity index (χ2n) is 9.19. The number of benzene rings is 1. The number of fused-ring (bicyclic) bond motifs is 1. The third-order valence-electron chi connectivity index (χ3n) is 6.41. The summed E-state index contributed by atoms with van der Waals surface area (Å²) in [5, 5.41) is 3.47. The summed E-state index contributed by atoms with van der Waals surface area (Å²) in [5.74, 6) is 0.608. The van der Waals surface area contributed by atoms with Gasteiger partial charge < -0.3 is 16.0 Å². The predicted molar refractivity (Wildman–Crippen MR) is 125 cm³/mol. The van der Waals surface area contributed by atoms with E-state index in [4.69, 9.17) is 10.7 Å². The number of nitrogens with one attached hydrogen (secondary N) is 1. The number of amides is 2. The minimum atomic E-state index is -0.544. The second kappa shape index (κ2) is 8.90. The van der Waals surface area contributed by atoms with Crippen molar-refractivity contribution >= 4 is 29.2 Å². The van der Waals surface area contributed by atoms with E-state index in [9.17, 15) is 9.18 Å². The third-order valence-corrected chi connectivity index (χ3v) is 6.41. The largest absolute Gasteiger partial charge is 0.396 e. The molecule has 0 spiro atoms. The van der Waals surface area contributed by atoms with Crippen LogP contribution in [0.2, 0.25) is 0 Å². The molecule has 1 saturated carbocycles. The van der Waals surface area contributed by atoms with Crippen molar-refractivity contribution in [1.82, 2.24) is 14.9 Å². The number of halogens is 1. The minimum Gasteiger partial charge on any atom is -0.396 e. The molecule has 1 aliphatic heterocycles. The van der Waals surface area contributed by atoms with Crippen molar-refractivity contribution in [2.45, 2.75) is 64.2 Å². The number of nitrogen functional groups attached to an aromatic ring is 1. The van der Waals surface area contributed by atoms with Gasteiger partial charge in [0.25, 0.3) is 0 Å². The lowest BCUT2D eigenvalue weighted by atomic mass is 9.91. The van der Waals surface area contributed by atoms with E-state index in [-0.39, 0.29) is 24.3 Å². The van der Waals surface area contributed by atoms with Gasteiger partial charge in [-0.1, -0.05) is 0 Å². The summed E-state index contributed by atoms with van der Waals surface area (Å²) >= 11 is 0. The molecule has 2 aliphatic rings. The van der Waals surface area contributed by atoms with E-state index in [2.05, 4.69) is 29.3 Å². The first-order chi connectivity index (χ1) is 15.2. The molecule has 0 radical (unpaired) electrons. The first kappa shape index (κ1) is 22.3. The fourth-order valence-electron chi connectivity index (χ4n) is 4.52. The number of urea groups is 1. The van der Waals surface area contributed by atoms with E-state index in [1.165, 1.54) is 17.0 Å². The zero-order valence-electron chi connectivity index (χ0n) is 19.2. The van der Waals surface area contributed by atoms with E-state index in [1.54, 1.807) is 17.2 Å². The molecule has 32 heavy (non-hydrogen) atoms. The Balaban J connectivity index is 1.57. The van der Waals surface area contributed by atoms with Crippen molar-refractivity contribution in [2.75, 3.05) is 34.9 Å². The van der Waals surface area contributed by atoms with Gasteiger partial charge in [0.1, 0.15) is 11.6 Å². The van der Waals surface area contributed by atoms with Gasteiger partial charge >= 0.3 is 6.03 Å². The molecule has 1 aliphatic carbocycles. The monoisotopic (exact) mass is 441 g/mol. The highest BCUT2D eigenvalue weighted by molar-refractivity contribution is 6.05. The standard InChI is InChI=1S/C23H32FN7O/c1-14(2)31-21-15(13-30(23(31)32)18-9-10-20(25)19(24)11-18)12-26-22(28-21)27-16-5-7-17(8-6-16)29(3)4/h9-12,14,16-17H,5-8,13,25H2,1-4H3,(H,26,27,28). The van der Waals surface area contributed by atoms with E-state index in [1.807, 2.05) is 13.8 Å². The number of anilines is 4. The third kappa shape index (κ3) is 4.34. The van der Waals surface area contributed by atoms with Gasteiger partial charge in [-0.3, -0.25) is 9.80 Å². The summed E-state index contributed by atoms with van der Waals surface area (Å²) in [4.78, 5) is 28.1. The molecule has 1 aromatic heterocycles. The molecule has 2 amide bonds. The molecule has 0 atom stereocenters. The van der Waals surface area contributed by atoms with Gasteiger partial charge in [-0.15, -0.1) is 0 Å². The smallest absolute Gasteiger partial charge is 0.330 e. The van der Waals surface area contributed by atoms with Crippen LogP contribution in [0, 0.1) is 5.82 Å². The second-order valence-corrected chi connectivity index (χ2v) is 9.19. The molecule has 2 aromatic rings. The molecule has 0 unspecified atom stereocenters. The minimum absolute atomic E-state index is 0.0537. The Hall–Kier alpha value is -2.94. The molecule has 0 bridgehead atoms. The Labute approximate surface area is 188 Å². The molecule has 9 heteroatoms. The van der Waals surface area contributed by atoms with Gasteiger partial charge in [-0.05, 0) is 71.8 Å². The fourth-order valence-corrected chi connectivity index (χ4v) is 4.52. The molecule has 2 heterocycles. The average Bonchev–Trinajstić information content (AvgIpc) is 2.75. The lowest BCUT2D eigenvalue weighted by Gasteiger charge is -2.38. The van der Waals surface area contributed by atoms with Crippen molar-refractivity contribution in [1.29, 1.82) is 0 Å². The van der Waals surface area contributed by atoms with Crippen LogP contribution in [0.4, 0.5) is 32.3 Å². The highest BCUT2D eigenvalue weighted by Crippen LogP contribution is 2.33. The van der Waals surface area contributed by atoms with Gasteiger partial charge in [-0.2, -0.15) is 4.98 Å². The van der Waals surface area contributed by atoms with Crippen LogP contribution in [0.1, 0.15) is 45.1 Å². The Kier molecular flexibility index (Phi) is 6.19. The van der Waals surface area contributed by atoms with Gasteiger partial charge in [0.2, 0.25) is 5.95 Å². The van der Waals surface area contributed by atoms with Crippen LogP contribution in [-0.2, 0) is 6.54 Å². The van der Waals surface area contributed by atoms with E-state index >= 15 is 0 Å². The molecule has 8 nitrogen and oxygen atoms in total. The Morgan fingerprint density at radius 1 is 1.22 bits per heavy atom. The van der Waals surface area contributed by atoms with Gasteiger partial charge in [0.05, 0.1) is 12.2 Å². The summed E-state index contributed by atoms with van der Waals surface area (Å²) in [6, 6.07) is 5.00. The molecule has 172 valence electrons. The maximum absolute atomic E-state index is 14.0. The number of carbonyl (C=O) groups excluding carboxylic acids is 1. The zero-order chi connectivity index (χ0) is 23.0. The fraction of sp³-hybridized carbons (Fsp3) is 0.522. The molecular weight excluding hydrogens is 409 g/mol. The molecular formula is C23H32FN7O. The van der Waals surface area contributed by atoms with E-state index in [0.717, 1.165) is 31.2 Å². The summed E-state index contributed by atoms with van der Waals surface area (Å²) in [5.41, 5.74) is 6.93. The molecule has 4 rings (SSSR count). The van der Waals surface area contributed by atoms with E-state index in [0.29, 0.717) is 29.5 Å². The van der Waals surface area contributed by atoms with E-state index < -0.39 is 5.82 Å². The van der Waals surface area contributed by atoms with Gasteiger partial charge in [0, 0.05) is 35.6 Å². The molecule has 3 N–H and O–H groups in total. The highest BCUT2D eigenvalue weighted by atomic mass is 19.1. The van der Waals surface area contributed by atoms with Gasteiger partial charge in [0.15, 0.2) is 0 Å². The lowest BCUT2D eigenvalue weighted by Crippen LogP contribution is -2.51. The Morgan fingerprint density at radius 3 is 2.56 bits per heavy atom. The van der Waals surface area contributed by atoms with Crippen LogP contribution in [0.5, 0.6) is 0 Å². The predicted octanol–water partition coefficient (Wildman–Crippen LogP) is 3.84. The number of hydrogen-bond donors (Lipinski definition) is 2. The quantitative estimate of drug-likeness (QED) is 0.685. The highest BCUT2D eigenvalue weighted by Gasteiger charge is 2.35. The SMILES string of the molecule is CC(C)N1C(=O)N(c2ccc(N)c(F)c2)Cc2cnc(NC3CCC(N(C)C)CC3)nc21. The van der Waals surface area contributed by atoms with Crippen molar-refractivity contribution in [2.24, 2.45) is 0 Å². The topological polar surface area (TPSA) is 90.6 Å². The van der Waals surface area contributed by atoms with Crippen LogP contribution in [0.15, 0.2) is 24.4 Å². The number of rotatable bonds is 5. The van der Waals surface area contributed by atoms with Crippen LogP contribution >= 0.6 is 0 Å². The summed E-state index contributed by atoms with van der Waals surface area (Å²) in [6.07, 6.45) is 6.16. The van der Waals surface area contributed by atoms with Crippen LogP contribution < -0.4 is 20.9 Å². The summed E-state index contributed by atoms with van der Waals surface area (Å²) in [7, 11) is 4.26. The molecule has 1 fully saturated rings. The normalized spacial score (nSPS) is 21.3. The first-order valence-corrected chi connectivity index (χ1v) is 11.2. The molecule has 1 aromatic carbocycles. The number of nitrogens with two attached hydrogens (primary N) is 1. The Bertz CT molecular complexity index is 988. The maximum Gasteiger partial charge on any atom is 0.330 e. The number of nitrogens with zero attached hydrogens (tertiary/aromatic N) is 5. The Morgan fingerprint density at radius 2 is 1.94 bits per heavy atom. The number of aromatic nitrogens is 2. The lowest BCUT2D eigenvalue weighted by molar-refractivity contribution is 0.221. The summed E-state index contributed by atoms with van der Waals surface area (Å²) in [6.45, 7) is 4.15. The number of carbonyl (C=O) groups is 1. The van der Waals surface area contributed by atoms with Crippen molar-refractivity contribution < 1.29 is 9.18 Å². The first-order valence-electron chi connectivity index (χ1n) is 11.2. The number of hydrogen-bond acceptors (Lipinski definition) is 6. The van der Waals surface area contributed by atoms with Gasteiger partial charge in [-0.25, -0.2) is 14.2 Å². The van der Waals surface area contributed by atoms with Crippen LogP contribution in [0.3, 0.4) is 0 Å². The maximum atomic E-state index is 14.0. The van der Waals surface area contributed by atoms with Crippen LogP contribution in [0.25, 0.3) is 0 Å². The molecule has 0 saturated heterocycles. The average molecular weight is 442 g/mol. The van der Waals surface area contributed by atoms with Crippen LogP contribution in [-0.4, -0.2) is 53.1 Å². The van der Waals surface area contributed by atoms with Crippen molar-refractivity contribution in [3.05, 3.63) is 35.8 Å². The summed E-state index contributed by atoms with van der Waals surface area (Å²) < 4.78 is 14.0.